The minimum atomic E-state index is -0.782. The van der Waals surface area contributed by atoms with Crippen molar-refractivity contribution in [1.29, 1.82) is 0 Å². The lowest BCUT2D eigenvalue weighted by Gasteiger charge is -2.37. The summed E-state index contributed by atoms with van der Waals surface area (Å²) in [6.45, 7) is 6.45. The first-order valence-electron chi connectivity index (χ1n) is 13.9. The molecule has 2 heterocycles. The monoisotopic (exact) mass is 598 g/mol. The standard InChI is InChI=1S/C34H31ClN2O2S2/c1-4-23-14-18-25(19-15-23)33(26-20-16-24(5-2)17-21-26)29-12-7-8-13-30(29)34(41-33)37(28-11-9-10-27(35)22-28)36-31(40-34)32(38)39-6-3/h7-22H,4-6H2,1-3H3/t34-/m0/s1. The number of thioether (sulfide) groups is 2. The van der Waals surface area contributed by atoms with Gasteiger partial charge in [0.15, 0.2) is 4.20 Å². The van der Waals surface area contributed by atoms with Crippen LogP contribution in [0.1, 0.15) is 54.2 Å². The van der Waals surface area contributed by atoms with Crippen LogP contribution in [0.2, 0.25) is 5.02 Å². The van der Waals surface area contributed by atoms with Gasteiger partial charge in [-0.25, -0.2) is 9.80 Å². The number of hydrazone groups is 1. The Morgan fingerprint density at radius 1 is 0.829 bits per heavy atom. The van der Waals surface area contributed by atoms with Gasteiger partial charge in [0.25, 0.3) is 0 Å². The Balaban J connectivity index is 1.61. The van der Waals surface area contributed by atoms with Gasteiger partial charge in [0.2, 0.25) is 5.04 Å². The zero-order valence-corrected chi connectivity index (χ0v) is 25.7. The summed E-state index contributed by atoms with van der Waals surface area (Å²) in [5.41, 5.74) is 8.04. The Morgan fingerprint density at radius 3 is 2.00 bits per heavy atom. The molecule has 4 aromatic carbocycles. The predicted molar refractivity (Wildman–Crippen MR) is 173 cm³/mol. The van der Waals surface area contributed by atoms with Crippen molar-refractivity contribution in [2.45, 2.75) is 42.6 Å². The zero-order chi connectivity index (χ0) is 28.6. The third-order valence-corrected chi connectivity index (χ3v) is 11.2. The number of aryl methyl sites for hydroxylation is 2. The SMILES string of the molecule is CCOC(=O)C1=NN(c2cccc(Cl)c2)[C@@]2(S1)SC(c1ccc(CC)cc1)(c1ccc(CC)cc1)c1ccccc12. The first-order valence-corrected chi connectivity index (χ1v) is 16.0. The van der Waals surface area contributed by atoms with Gasteiger partial charge in [-0.15, -0.1) is 0 Å². The number of carbonyl (C=O) groups excluding carboxylic acids is 1. The van der Waals surface area contributed by atoms with Crippen LogP contribution in [0.3, 0.4) is 0 Å². The number of benzene rings is 4. The Labute approximate surface area is 255 Å². The molecule has 0 aliphatic carbocycles. The maximum atomic E-state index is 13.1. The smallest absolute Gasteiger partial charge is 0.365 e. The second kappa shape index (κ2) is 11.2. The molecule has 2 aliphatic heterocycles. The fourth-order valence-electron chi connectivity index (χ4n) is 5.62. The van der Waals surface area contributed by atoms with Crippen molar-refractivity contribution in [3.05, 3.63) is 135 Å². The van der Waals surface area contributed by atoms with E-state index in [0.29, 0.717) is 10.1 Å². The van der Waals surface area contributed by atoms with E-state index in [-0.39, 0.29) is 6.61 Å². The van der Waals surface area contributed by atoms with Crippen molar-refractivity contribution in [3.63, 3.8) is 0 Å². The van der Waals surface area contributed by atoms with Crippen LogP contribution in [0.5, 0.6) is 0 Å². The van der Waals surface area contributed by atoms with Crippen molar-refractivity contribution in [2.75, 3.05) is 11.6 Å². The highest BCUT2D eigenvalue weighted by atomic mass is 35.5. The number of fused-ring (bicyclic) bond motifs is 2. The second-order valence-electron chi connectivity index (χ2n) is 10.0. The number of halogens is 1. The summed E-state index contributed by atoms with van der Waals surface area (Å²) in [5, 5.41) is 7.81. The van der Waals surface area contributed by atoms with Crippen LogP contribution in [-0.2, 0) is 31.3 Å². The predicted octanol–water partition coefficient (Wildman–Crippen LogP) is 8.74. The van der Waals surface area contributed by atoms with Crippen LogP contribution < -0.4 is 5.01 Å². The number of hydrogen-bond donors (Lipinski definition) is 0. The molecule has 0 saturated carbocycles. The number of carbonyl (C=O) groups is 1. The largest absolute Gasteiger partial charge is 0.461 e. The van der Waals surface area contributed by atoms with Crippen molar-refractivity contribution in [3.8, 4) is 0 Å². The molecular weight excluding hydrogens is 568 g/mol. The normalized spacial score (nSPS) is 18.8. The number of hydrogen-bond acceptors (Lipinski definition) is 6. The minimum absolute atomic E-state index is 0.282. The van der Waals surface area contributed by atoms with Crippen LogP contribution in [0.4, 0.5) is 5.69 Å². The van der Waals surface area contributed by atoms with Gasteiger partial charge >= 0.3 is 5.97 Å². The highest BCUT2D eigenvalue weighted by Gasteiger charge is 2.62. The summed E-state index contributed by atoms with van der Waals surface area (Å²) >= 11 is 9.74. The number of ether oxygens (including phenoxy) is 1. The first-order chi connectivity index (χ1) is 19.9. The number of esters is 1. The van der Waals surface area contributed by atoms with E-state index in [1.807, 2.05) is 36.2 Å². The molecule has 2 aliphatic rings. The summed E-state index contributed by atoms with van der Waals surface area (Å²) in [4.78, 5) is 13.1. The molecule has 4 aromatic rings. The fraction of sp³-hybridized carbons (Fsp3) is 0.235. The lowest BCUT2D eigenvalue weighted by Crippen LogP contribution is -2.34. The molecule has 0 fully saturated rings. The lowest BCUT2D eigenvalue weighted by molar-refractivity contribution is -0.134. The van der Waals surface area contributed by atoms with Gasteiger partial charge in [0.1, 0.15) is 0 Å². The van der Waals surface area contributed by atoms with Gasteiger partial charge in [-0.1, -0.05) is 128 Å². The molecule has 0 amide bonds. The van der Waals surface area contributed by atoms with Crippen molar-refractivity contribution >= 4 is 51.8 Å². The molecule has 6 rings (SSSR count). The molecule has 0 radical (unpaired) electrons. The van der Waals surface area contributed by atoms with Gasteiger partial charge in [-0.3, -0.25) is 0 Å². The molecule has 7 heteroatoms. The summed E-state index contributed by atoms with van der Waals surface area (Å²) in [7, 11) is 0. The van der Waals surface area contributed by atoms with Crippen LogP contribution in [-0.4, -0.2) is 17.6 Å². The highest BCUT2D eigenvalue weighted by molar-refractivity contribution is 8.27. The molecule has 0 N–H and O–H groups in total. The van der Waals surface area contributed by atoms with E-state index in [1.54, 1.807) is 11.8 Å². The van der Waals surface area contributed by atoms with E-state index >= 15 is 0 Å². The maximum absolute atomic E-state index is 13.1. The topological polar surface area (TPSA) is 41.9 Å². The van der Waals surface area contributed by atoms with Crippen molar-refractivity contribution in [1.82, 2.24) is 0 Å². The summed E-state index contributed by atoms with van der Waals surface area (Å²) in [6.07, 6.45) is 1.95. The van der Waals surface area contributed by atoms with E-state index in [1.165, 1.54) is 39.6 Å². The van der Waals surface area contributed by atoms with Gasteiger partial charge < -0.3 is 4.74 Å². The Bertz CT molecular complexity index is 1570. The number of anilines is 1. The van der Waals surface area contributed by atoms with E-state index in [2.05, 4.69) is 86.6 Å². The van der Waals surface area contributed by atoms with E-state index in [9.17, 15) is 4.79 Å². The molecule has 0 bridgehead atoms. The Morgan fingerprint density at radius 2 is 1.44 bits per heavy atom. The molecule has 1 spiro atoms. The fourth-order valence-corrected chi connectivity index (χ4v) is 9.37. The minimum Gasteiger partial charge on any atom is -0.461 e. The van der Waals surface area contributed by atoms with E-state index in [0.717, 1.165) is 24.1 Å². The summed E-state index contributed by atoms with van der Waals surface area (Å²) in [5.74, 6) is -0.420. The average molecular weight is 599 g/mol. The highest BCUT2D eigenvalue weighted by Crippen LogP contribution is 2.71. The molecule has 208 valence electrons. The average Bonchev–Trinajstić information content (AvgIpc) is 3.54. The third kappa shape index (κ3) is 4.66. The maximum Gasteiger partial charge on any atom is 0.365 e. The number of rotatable bonds is 7. The van der Waals surface area contributed by atoms with E-state index < -0.39 is 14.9 Å². The number of nitrogens with zero attached hydrogens (tertiary/aromatic N) is 2. The van der Waals surface area contributed by atoms with Gasteiger partial charge in [-0.2, -0.15) is 5.10 Å². The quantitative estimate of drug-likeness (QED) is 0.199. The van der Waals surface area contributed by atoms with Crippen LogP contribution >= 0.6 is 35.1 Å². The molecular formula is C34H31ClN2O2S2. The van der Waals surface area contributed by atoms with Crippen LogP contribution in [0, 0.1) is 0 Å². The molecule has 41 heavy (non-hydrogen) atoms. The Hall–Kier alpha value is -3.19. The zero-order valence-electron chi connectivity index (χ0n) is 23.3. The third-order valence-electron chi connectivity index (χ3n) is 7.68. The lowest BCUT2D eigenvalue weighted by atomic mass is 9.81. The van der Waals surface area contributed by atoms with Gasteiger partial charge in [-0.05, 0) is 65.8 Å². The summed E-state index contributed by atoms with van der Waals surface area (Å²) < 4.78 is 4.11. The van der Waals surface area contributed by atoms with Crippen molar-refractivity contribution < 1.29 is 9.53 Å². The summed E-state index contributed by atoms with van der Waals surface area (Å²) in [6, 6.07) is 34.1. The Kier molecular flexibility index (Phi) is 7.66. The molecule has 1 atom stereocenters. The molecule has 4 nitrogen and oxygen atoms in total. The second-order valence-corrected chi connectivity index (χ2v) is 13.3. The van der Waals surface area contributed by atoms with Crippen molar-refractivity contribution in [2.24, 2.45) is 5.10 Å². The van der Waals surface area contributed by atoms with Crippen LogP contribution in [0.15, 0.2) is 102 Å². The van der Waals surface area contributed by atoms with E-state index in [4.69, 9.17) is 21.4 Å². The molecule has 0 aromatic heterocycles. The van der Waals surface area contributed by atoms with Crippen LogP contribution in [0.25, 0.3) is 0 Å². The first kappa shape index (κ1) is 28.0. The van der Waals surface area contributed by atoms with Gasteiger partial charge in [0, 0.05) is 10.6 Å². The molecule has 0 unspecified atom stereocenters. The van der Waals surface area contributed by atoms with Gasteiger partial charge in [0.05, 0.1) is 17.0 Å². The molecule has 0 saturated heterocycles.